The van der Waals surface area contributed by atoms with Crippen molar-refractivity contribution >= 4 is 27.2 Å². The van der Waals surface area contributed by atoms with E-state index in [1.807, 2.05) is 30.3 Å². The van der Waals surface area contributed by atoms with Gasteiger partial charge >= 0.3 is 0 Å². The van der Waals surface area contributed by atoms with Gasteiger partial charge in [0.1, 0.15) is 11.5 Å². The molecule has 2 heterocycles. The van der Waals surface area contributed by atoms with Crippen molar-refractivity contribution in [2.75, 3.05) is 20.8 Å². The first kappa shape index (κ1) is 20.8. The molecule has 1 fully saturated rings. The van der Waals surface area contributed by atoms with Crippen molar-refractivity contribution in [2.45, 2.75) is 31.2 Å². The third-order valence-electron chi connectivity index (χ3n) is 5.32. The van der Waals surface area contributed by atoms with Crippen LogP contribution in [0.25, 0.3) is 10.1 Å². The average molecular weight is 429 g/mol. The van der Waals surface area contributed by atoms with Crippen LogP contribution in [0.5, 0.6) is 11.5 Å². The summed E-state index contributed by atoms with van der Waals surface area (Å²) in [5, 5.41) is 21.9. The molecule has 7 heteroatoms. The number of hydrogen-bond acceptors (Lipinski definition) is 7. The number of aliphatic hydroxyl groups excluding tert-OH is 1. The number of carbonyl (C=O) groups excluding carboxylic acids is 1. The Morgan fingerprint density at radius 3 is 2.73 bits per heavy atom. The number of phenols is 1. The largest absolute Gasteiger partial charge is 0.507 e. The van der Waals surface area contributed by atoms with Crippen LogP contribution in [0.1, 0.15) is 39.7 Å². The number of hydrogen-bond donors (Lipinski definition) is 2. The van der Waals surface area contributed by atoms with Crippen LogP contribution < -0.4 is 4.74 Å². The van der Waals surface area contributed by atoms with Crippen LogP contribution in [0.2, 0.25) is 0 Å². The highest BCUT2D eigenvalue weighted by molar-refractivity contribution is 7.21. The second kappa shape index (κ2) is 8.73. The number of aliphatic hydroxyl groups is 1. The lowest BCUT2D eigenvalue weighted by molar-refractivity contribution is -0.119. The second-order valence-electron chi connectivity index (χ2n) is 7.42. The summed E-state index contributed by atoms with van der Waals surface area (Å²) in [5.74, 6) is 0.0811. The summed E-state index contributed by atoms with van der Waals surface area (Å²) in [6.07, 6.45) is -0.612. The van der Waals surface area contributed by atoms with E-state index >= 15 is 0 Å². The third kappa shape index (κ3) is 4.06. The Labute approximate surface area is 178 Å². The van der Waals surface area contributed by atoms with E-state index in [4.69, 9.17) is 14.2 Å². The number of carbonyl (C=O) groups is 1. The lowest BCUT2D eigenvalue weighted by Gasteiger charge is -2.33. The predicted octanol–water partition coefficient (Wildman–Crippen LogP) is 4.07. The van der Waals surface area contributed by atoms with Crippen molar-refractivity contribution in [3.8, 4) is 11.5 Å². The number of rotatable bonds is 6. The van der Waals surface area contributed by atoms with Crippen molar-refractivity contribution < 1.29 is 29.2 Å². The van der Waals surface area contributed by atoms with Crippen LogP contribution in [0.15, 0.2) is 42.5 Å². The number of fused-ring (bicyclic) bond motifs is 1. The van der Waals surface area contributed by atoms with Crippen molar-refractivity contribution in [1.29, 1.82) is 0 Å². The molecule has 30 heavy (non-hydrogen) atoms. The third-order valence-corrected chi connectivity index (χ3v) is 6.43. The standard InChI is InChI=1S/C23H24O6S/c1-27-12-15-8-14(24)9-20(29-15)16-10-17(19(28-2)11-18(16)25)23(26)22-7-13-5-3-4-6-21(13)30-22/h3-7,10-11,14-15,20,24-25H,8-9,12H2,1-2H3/t14-,15-,20+/m0/s1. The monoisotopic (exact) mass is 428 g/mol. The maximum atomic E-state index is 13.3. The maximum absolute atomic E-state index is 13.3. The number of methoxy groups -OCH3 is 2. The van der Waals surface area contributed by atoms with E-state index in [2.05, 4.69) is 0 Å². The molecule has 1 aromatic heterocycles. The van der Waals surface area contributed by atoms with Crippen molar-refractivity contribution in [1.82, 2.24) is 0 Å². The van der Waals surface area contributed by atoms with E-state index in [1.165, 1.54) is 24.5 Å². The molecule has 1 aliphatic heterocycles. The Morgan fingerprint density at radius 2 is 2.00 bits per heavy atom. The first-order valence-electron chi connectivity index (χ1n) is 9.76. The smallest absolute Gasteiger partial charge is 0.206 e. The second-order valence-corrected chi connectivity index (χ2v) is 8.50. The van der Waals surface area contributed by atoms with Gasteiger partial charge in [0.05, 0.1) is 42.5 Å². The van der Waals surface area contributed by atoms with Gasteiger partial charge in [-0.1, -0.05) is 18.2 Å². The lowest BCUT2D eigenvalue weighted by Crippen LogP contribution is -2.34. The number of ether oxygens (including phenoxy) is 3. The number of benzene rings is 2. The Kier molecular flexibility index (Phi) is 6.06. The minimum atomic E-state index is -0.577. The summed E-state index contributed by atoms with van der Waals surface area (Å²) in [6, 6.07) is 12.7. The molecule has 0 aliphatic carbocycles. The zero-order valence-corrected chi connectivity index (χ0v) is 17.6. The normalized spacial score (nSPS) is 21.6. The van der Waals surface area contributed by atoms with Gasteiger partial charge < -0.3 is 24.4 Å². The fraction of sp³-hybridized carbons (Fsp3) is 0.348. The number of ketones is 1. The fourth-order valence-corrected chi connectivity index (χ4v) is 4.92. The predicted molar refractivity (Wildman–Crippen MR) is 115 cm³/mol. The van der Waals surface area contributed by atoms with Crippen LogP contribution in [-0.2, 0) is 9.47 Å². The van der Waals surface area contributed by atoms with Gasteiger partial charge in [0, 0.05) is 36.3 Å². The van der Waals surface area contributed by atoms with E-state index in [1.54, 1.807) is 13.2 Å². The zero-order chi connectivity index (χ0) is 21.3. The molecule has 4 rings (SSSR count). The molecule has 6 nitrogen and oxygen atoms in total. The maximum Gasteiger partial charge on any atom is 0.206 e. The Morgan fingerprint density at radius 1 is 1.20 bits per heavy atom. The SMILES string of the molecule is COC[C@@H]1C[C@H](O)C[C@H](c2cc(C(=O)c3cc4ccccc4s3)c(OC)cc2O)O1. The van der Waals surface area contributed by atoms with E-state index < -0.39 is 12.2 Å². The molecule has 158 valence electrons. The quantitative estimate of drug-likeness (QED) is 0.576. The molecule has 1 aliphatic rings. The van der Waals surface area contributed by atoms with E-state index in [-0.39, 0.29) is 17.6 Å². The molecule has 1 saturated heterocycles. The van der Waals surface area contributed by atoms with Gasteiger partial charge in [-0.2, -0.15) is 0 Å². The topological polar surface area (TPSA) is 85.2 Å². The van der Waals surface area contributed by atoms with Gasteiger partial charge in [-0.05, 0) is 23.6 Å². The van der Waals surface area contributed by atoms with Gasteiger partial charge in [0.25, 0.3) is 0 Å². The van der Waals surface area contributed by atoms with Crippen molar-refractivity contribution in [2.24, 2.45) is 0 Å². The van der Waals surface area contributed by atoms with E-state index in [9.17, 15) is 15.0 Å². The minimum absolute atomic E-state index is 0.0324. The Balaban J connectivity index is 1.72. The first-order chi connectivity index (χ1) is 14.5. The highest BCUT2D eigenvalue weighted by Gasteiger charge is 2.32. The van der Waals surface area contributed by atoms with Crippen molar-refractivity contribution in [3.63, 3.8) is 0 Å². The summed E-state index contributed by atoms with van der Waals surface area (Å²) in [6.45, 7) is 0.345. The molecule has 0 unspecified atom stereocenters. The van der Waals surface area contributed by atoms with Crippen LogP contribution in [-0.4, -0.2) is 49.0 Å². The van der Waals surface area contributed by atoms with Crippen LogP contribution in [0.3, 0.4) is 0 Å². The van der Waals surface area contributed by atoms with Gasteiger partial charge in [0.2, 0.25) is 5.78 Å². The molecule has 0 bridgehead atoms. The van der Waals surface area contributed by atoms with Crippen LogP contribution in [0, 0.1) is 0 Å². The van der Waals surface area contributed by atoms with Gasteiger partial charge in [-0.3, -0.25) is 4.79 Å². The molecule has 3 aromatic rings. The summed E-state index contributed by atoms with van der Waals surface area (Å²) >= 11 is 1.42. The summed E-state index contributed by atoms with van der Waals surface area (Å²) in [5.41, 5.74) is 0.809. The Hall–Kier alpha value is -2.45. The molecular weight excluding hydrogens is 404 g/mol. The molecule has 2 aromatic carbocycles. The molecular formula is C23H24O6S. The summed E-state index contributed by atoms with van der Waals surface area (Å²) in [7, 11) is 3.04. The molecule has 0 spiro atoms. The Bertz CT molecular complexity index is 1030. The number of phenolic OH excluding ortho intramolecular Hbond substituents is 1. The zero-order valence-electron chi connectivity index (χ0n) is 16.8. The fourth-order valence-electron chi connectivity index (χ4n) is 3.90. The van der Waals surface area contributed by atoms with E-state index in [0.717, 1.165) is 10.1 Å². The molecule has 0 amide bonds. The molecule has 0 radical (unpaired) electrons. The highest BCUT2D eigenvalue weighted by Crippen LogP contribution is 2.40. The van der Waals surface area contributed by atoms with Gasteiger partial charge in [-0.15, -0.1) is 11.3 Å². The van der Waals surface area contributed by atoms with Crippen LogP contribution >= 0.6 is 11.3 Å². The lowest BCUT2D eigenvalue weighted by atomic mass is 9.93. The summed E-state index contributed by atoms with van der Waals surface area (Å²) in [4.78, 5) is 13.9. The van der Waals surface area contributed by atoms with Gasteiger partial charge in [-0.25, -0.2) is 0 Å². The number of aromatic hydroxyl groups is 1. The minimum Gasteiger partial charge on any atom is -0.507 e. The van der Waals surface area contributed by atoms with E-state index in [0.29, 0.717) is 41.2 Å². The molecule has 2 N–H and O–H groups in total. The van der Waals surface area contributed by atoms with Gasteiger partial charge in [0.15, 0.2) is 0 Å². The average Bonchev–Trinajstić information content (AvgIpc) is 3.17. The first-order valence-corrected chi connectivity index (χ1v) is 10.6. The van der Waals surface area contributed by atoms with Crippen molar-refractivity contribution in [3.05, 3.63) is 58.5 Å². The highest BCUT2D eigenvalue weighted by atomic mass is 32.1. The summed E-state index contributed by atoms with van der Waals surface area (Å²) < 4.78 is 17.6. The molecule has 3 atom stereocenters. The number of thiophene rings is 1. The molecule has 0 saturated carbocycles. The van der Waals surface area contributed by atoms with Crippen LogP contribution in [0.4, 0.5) is 0 Å².